The number of carbonyl (C=O) groups excluding carboxylic acids is 1. The number of hydrogen-bond donors (Lipinski definition) is 2. The lowest BCUT2D eigenvalue weighted by Gasteiger charge is -2.31. The molecule has 2 aliphatic heterocycles. The van der Waals surface area contributed by atoms with E-state index in [1.165, 1.54) is 11.1 Å². The molecule has 0 spiro atoms. The normalized spacial score (nSPS) is 18.6. The van der Waals surface area contributed by atoms with Gasteiger partial charge in [0.2, 0.25) is 0 Å². The van der Waals surface area contributed by atoms with E-state index < -0.39 is 0 Å². The lowest BCUT2D eigenvalue weighted by Crippen LogP contribution is -2.48. The van der Waals surface area contributed by atoms with Crippen molar-refractivity contribution in [3.8, 4) is 0 Å². The molecule has 2 heterocycles. The molecule has 2 aliphatic rings. The number of guanidine groups is 1. The number of rotatable bonds is 6. The Labute approximate surface area is 167 Å². The predicted octanol–water partition coefficient (Wildman–Crippen LogP) is 1.96. The van der Waals surface area contributed by atoms with Crippen molar-refractivity contribution in [2.45, 2.75) is 45.2 Å². The average Bonchev–Trinajstić information content (AvgIpc) is 2.72. The van der Waals surface area contributed by atoms with Crippen molar-refractivity contribution < 1.29 is 9.53 Å². The Kier molecular flexibility index (Phi) is 7.54. The van der Waals surface area contributed by atoms with Gasteiger partial charge in [-0.2, -0.15) is 0 Å². The molecule has 0 bridgehead atoms. The Morgan fingerprint density at radius 1 is 1.25 bits per heavy atom. The third-order valence-corrected chi connectivity index (χ3v) is 5.50. The van der Waals surface area contributed by atoms with Crippen molar-refractivity contribution in [1.29, 1.82) is 0 Å². The van der Waals surface area contributed by atoms with Gasteiger partial charge >= 0.3 is 6.09 Å². The molecule has 1 aromatic carbocycles. The van der Waals surface area contributed by atoms with Crippen LogP contribution < -0.4 is 11.1 Å². The number of piperidine rings is 1. The number of hydrogen-bond acceptors (Lipinski definition) is 4. The second-order valence-electron chi connectivity index (χ2n) is 7.52. The van der Waals surface area contributed by atoms with Gasteiger partial charge in [0.15, 0.2) is 5.96 Å². The molecule has 0 radical (unpaired) electrons. The van der Waals surface area contributed by atoms with Gasteiger partial charge in [-0.15, -0.1) is 0 Å². The fourth-order valence-electron chi connectivity index (χ4n) is 3.91. The van der Waals surface area contributed by atoms with Gasteiger partial charge in [-0.3, -0.25) is 9.89 Å². The van der Waals surface area contributed by atoms with E-state index in [0.717, 1.165) is 51.9 Å². The molecule has 154 valence electrons. The maximum absolute atomic E-state index is 11.7. The molecule has 7 heteroatoms. The van der Waals surface area contributed by atoms with E-state index >= 15 is 0 Å². The van der Waals surface area contributed by atoms with Crippen molar-refractivity contribution in [2.24, 2.45) is 10.7 Å². The summed E-state index contributed by atoms with van der Waals surface area (Å²) in [6.45, 7) is 7.57. The van der Waals surface area contributed by atoms with Gasteiger partial charge in [0, 0.05) is 45.3 Å². The number of nitrogens with zero attached hydrogens (tertiary/aromatic N) is 3. The summed E-state index contributed by atoms with van der Waals surface area (Å²) in [6, 6.07) is 8.98. The molecule has 0 aliphatic carbocycles. The van der Waals surface area contributed by atoms with Crippen molar-refractivity contribution in [1.82, 2.24) is 15.1 Å². The lowest BCUT2D eigenvalue weighted by atomic mass is 10.00. The van der Waals surface area contributed by atoms with E-state index in [2.05, 4.69) is 39.5 Å². The molecular weight excluding hydrogens is 354 g/mol. The first-order chi connectivity index (χ1) is 13.7. The number of aliphatic imine (C=N–C) groups is 1. The van der Waals surface area contributed by atoms with Crippen LogP contribution in [0.15, 0.2) is 29.3 Å². The Morgan fingerprint density at radius 3 is 2.75 bits per heavy atom. The van der Waals surface area contributed by atoms with E-state index in [1.54, 1.807) is 4.90 Å². The SMILES string of the molecule is CCOC(=O)N1CCC(NC(N)=NCCCN2CCc3ccccc3C2)CC1. The van der Waals surface area contributed by atoms with Crippen molar-refractivity contribution in [2.75, 3.05) is 39.3 Å². The molecule has 1 fully saturated rings. The number of ether oxygens (including phenoxy) is 1. The maximum atomic E-state index is 11.7. The topological polar surface area (TPSA) is 83.2 Å². The molecule has 1 amide bonds. The molecule has 0 unspecified atom stereocenters. The second kappa shape index (κ2) is 10.3. The Hall–Kier alpha value is -2.28. The largest absolute Gasteiger partial charge is 0.450 e. The summed E-state index contributed by atoms with van der Waals surface area (Å²) in [5, 5.41) is 3.30. The maximum Gasteiger partial charge on any atom is 0.409 e. The fraction of sp³-hybridized carbons (Fsp3) is 0.619. The number of nitrogens with two attached hydrogens (primary N) is 1. The van der Waals surface area contributed by atoms with E-state index in [0.29, 0.717) is 25.7 Å². The third kappa shape index (κ3) is 5.86. The summed E-state index contributed by atoms with van der Waals surface area (Å²) < 4.78 is 5.05. The highest BCUT2D eigenvalue weighted by Gasteiger charge is 2.23. The zero-order valence-electron chi connectivity index (χ0n) is 16.9. The highest BCUT2D eigenvalue weighted by molar-refractivity contribution is 5.78. The van der Waals surface area contributed by atoms with Crippen LogP contribution in [-0.4, -0.2) is 67.2 Å². The summed E-state index contributed by atoms with van der Waals surface area (Å²) in [6.07, 6.45) is 3.65. The number of nitrogens with one attached hydrogen (secondary N) is 1. The molecular formula is C21H33N5O2. The van der Waals surface area contributed by atoms with Crippen LogP contribution in [0.4, 0.5) is 4.79 Å². The zero-order chi connectivity index (χ0) is 19.8. The molecule has 1 saturated heterocycles. The summed E-state index contributed by atoms with van der Waals surface area (Å²) in [5.41, 5.74) is 8.99. The first-order valence-corrected chi connectivity index (χ1v) is 10.4. The van der Waals surface area contributed by atoms with Gasteiger partial charge in [0.1, 0.15) is 0 Å². The van der Waals surface area contributed by atoms with Crippen LogP contribution in [0.2, 0.25) is 0 Å². The van der Waals surface area contributed by atoms with Crippen molar-refractivity contribution in [3.63, 3.8) is 0 Å². The number of likely N-dealkylation sites (tertiary alicyclic amines) is 1. The van der Waals surface area contributed by atoms with Crippen molar-refractivity contribution in [3.05, 3.63) is 35.4 Å². The summed E-state index contributed by atoms with van der Waals surface area (Å²) in [7, 11) is 0. The van der Waals surface area contributed by atoms with Gasteiger partial charge in [-0.1, -0.05) is 24.3 Å². The average molecular weight is 388 g/mol. The molecule has 0 aromatic heterocycles. The van der Waals surface area contributed by atoms with E-state index in [1.807, 2.05) is 6.92 Å². The first kappa shape index (κ1) is 20.5. The Morgan fingerprint density at radius 2 is 2.00 bits per heavy atom. The van der Waals surface area contributed by atoms with Crippen LogP contribution in [0.5, 0.6) is 0 Å². The smallest absolute Gasteiger partial charge is 0.409 e. The molecule has 3 N–H and O–H groups in total. The lowest BCUT2D eigenvalue weighted by molar-refractivity contribution is 0.0963. The predicted molar refractivity (Wildman–Crippen MR) is 111 cm³/mol. The van der Waals surface area contributed by atoms with Crippen LogP contribution in [0.25, 0.3) is 0 Å². The Balaban J connectivity index is 1.32. The Bertz CT molecular complexity index is 671. The molecule has 0 saturated carbocycles. The summed E-state index contributed by atoms with van der Waals surface area (Å²) in [5.74, 6) is 0.513. The second-order valence-corrected chi connectivity index (χ2v) is 7.52. The van der Waals surface area contributed by atoms with Crippen LogP contribution in [0, 0.1) is 0 Å². The number of benzene rings is 1. The highest BCUT2D eigenvalue weighted by Crippen LogP contribution is 2.18. The van der Waals surface area contributed by atoms with Crippen LogP contribution >= 0.6 is 0 Å². The zero-order valence-corrected chi connectivity index (χ0v) is 16.9. The minimum atomic E-state index is -0.220. The minimum absolute atomic E-state index is 0.220. The van der Waals surface area contributed by atoms with Gasteiger partial charge < -0.3 is 20.7 Å². The monoisotopic (exact) mass is 387 g/mol. The summed E-state index contributed by atoms with van der Waals surface area (Å²) >= 11 is 0. The first-order valence-electron chi connectivity index (χ1n) is 10.4. The number of fused-ring (bicyclic) bond motifs is 1. The number of carbonyl (C=O) groups is 1. The van der Waals surface area contributed by atoms with Crippen LogP contribution in [0.3, 0.4) is 0 Å². The third-order valence-electron chi connectivity index (χ3n) is 5.50. The fourth-order valence-corrected chi connectivity index (χ4v) is 3.91. The van der Waals surface area contributed by atoms with E-state index in [4.69, 9.17) is 10.5 Å². The molecule has 3 rings (SSSR count). The molecule has 1 aromatic rings. The van der Waals surface area contributed by atoms with Crippen molar-refractivity contribution >= 4 is 12.1 Å². The standard InChI is InChI=1S/C21H33N5O2/c1-2-28-21(27)26-14-9-19(10-15-26)24-20(22)23-11-5-12-25-13-8-17-6-3-4-7-18(17)16-25/h3-4,6-7,19H,2,5,8-16H2,1H3,(H3,22,23,24). The molecule has 0 atom stereocenters. The van der Waals surface area contributed by atoms with Gasteiger partial charge in [0.25, 0.3) is 0 Å². The van der Waals surface area contributed by atoms with E-state index in [9.17, 15) is 4.79 Å². The molecule has 28 heavy (non-hydrogen) atoms. The number of amides is 1. The quantitative estimate of drug-likeness (QED) is 0.443. The summed E-state index contributed by atoms with van der Waals surface area (Å²) in [4.78, 5) is 20.5. The van der Waals surface area contributed by atoms with E-state index in [-0.39, 0.29) is 12.1 Å². The minimum Gasteiger partial charge on any atom is -0.450 e. The van der Waals surface area contributed by atoms with Gasteiger partial charge in [-0.25, -0.2) is 4.79 Å². The van der Waals surface area contributed by atoms with Crippen LogP contribution in [-0.2, 0) is 17.7 Å². The van der Waals surface area contributed by atoms with Gasteiger partial charge in [0.05, 0.1) is 6.61 Å². The highest BCUT2D eigenvalue weighted by atomic mass is 16.6. The van der Waals surface area contributed by atoms with Gasteiger partial charge in [-0.05, 0) is 43.7 Å². The molecule has 7 nitrogen and oxygen atoms in total. The van der Waals surface area contributed by atoms with Crippen LogP contribution in [0.1, 0.15) is 37.3 Å².